The molecule has 4 atom stereocenters. The van der Waals surface area contributed by atoms with Gasteiger partial charge in [-0.2, -0.15) is 0 Å². The predicted octanol–water partition coefficient (Wildman–Crippen LogP) is 1.60. The lowest BCUT2D eigenvalue weighted by Crippen LogP contribution is -2.63. The Hall–Kier alpha value is -1.30. The third-order valence-electron chi connectivity index (χ3n) is 5.27. The molecule has 2 fully saturated rings. The highest BCUT2D eigenvalue weighted by atomic mass is 16.5. The number of rotatable bonds is 5. The fraction of sp³-hybridized carbons (Fsp3) is 0.867. The van der Waals surface area contributed by atoms with Crippen molar-refractivity contribution in [2.75, 3.05) is 13.7 Å². The predicted molar refractivity (Wildman–Crippen MR) is 78.0 cm³/mol. The molecule has 4 unspecified atom stereocenters. The summed E-state index contributed by atoms with van der Waals surface area (Å²) in [7, 11) is 1.69. The topological polar surface area (TPSA) is 87.7 Å². The summed E-state index contributed by atoms with van der Waals surface area (Å²) in [5, 5.41) is 14.9. The van der Waals surface area contributed by atoms with E-state index in [-0.39, 0.29) is 35.4 Å². The Bertz CT molecular complexity index is 410. The van der Waals surface area contributed by atoms with Crippen LogP contribution in [0.25, 0.3) is 0 Å². The minimum atomic E-state index is -0.747. The molecule has 2 rings (SSSR count). The number of hydrogen-bond donors (Lipinski definition) is 3. The molecular weight excluding hydrogens is 272 g/mol. The zero-order chi connectivity index (χ0) is 15.6. The van der Waals surface area contributed by atoms with Gasteiger partial charge >= 0.3 is 12.0 Å². The number of ether oxygens (including phenoxy) is 1. The van der Waals surface area contributed by atoms with Gasteiger partial charge in [-0.05, 0) is 25.2 Å². The maximum absolute atomic E-state index is 12.0. The van der Waals surface area contributed by atoms with Crippen LogP contribution in [0.4, 0.5) is 4.79 Å². The van der Waals surface area contributed by atoms with Gasteiger partial charge in [0.15, 0.2) is 0 Å². The summed E-state index contributed by atoms with van der Waals surface area (Å²) in [5.41, 5.74) is -0.0664. The summed E-state index contributed by atoms with van der Waals surface area (Å²) in [4.78, 5) is 23.1. The molecule has 21 heavy (non-hydrogen) atoms. The molecule has 6 nitrogen and oxygen atoms in total. The zero-order valence-corrected chi connectivity index (χ0v) is 13.0. The normalized spacial score (nSPS) is 34.0. The number of aliphatic carboxylic acids is 1. The van der Waals surface area contributed by atoms with Crippen molar-refractivity contribution in [1.82, 2.24) is 10.6 Å². The van der Waals surface area contributed by atoms with Crippen LogP contribution in [0.5, 0.6) is 0 Å². The Morgan fingerprint density at radius 2 is 2.05 bits per heavy atom. The van der Waals surface area contributed by atoms with E-state index >= 15 is 0 Å². The lowest BCUT2D eigenvalue weighted by molar-refractivity contribution is -0.142. The maximum atomic E-state index is 12.0. The summed E-state index contributed by atoms with van der Waals surface area (Å²) < 4.78 is 5.36. The van der Waals surface area contributed by atoms with Gasteiger partial charge < -0.3 is 20.5 Å². The van der Waals surface area contributed by atoms with Gasteiger partial charge in [0.1, 0.15) is 0 Å². The quantitative estimate of drug-likeness (QED) is 0.719. The minimum Gasteiger partial charge on any atom is -0.481 e. The summed E-state index contributed by atoms with van der Waals surface area (Å²) >= 11 is 0. The third kappa shape index (κ3) is 3.31. The SMILES string of the molecule is COC1CC(NC(=O)NCC2CCCC2C(=O)O)C1(C)C. The second kappa shape index (κ2) is 6.22. The second-order valence-corrected chi connectivity index (χ2v) is 6.82. The molecule has 6 heteroatoms. The van der Waals surface area contributed by atoms with Crippen molar-refractivity contribution < 1.29 is 19.4 Å². The summed E-state index contributed by atoms with van der Waals surface area (Å²) in [6.07, 6.45) is 3.51. The molecule has 0 heterocycles. The van der Waals surface area contributed by atoms with E-state index in [4.69, 9.17) is 9.84 Å². The first-order chi connectivity index (χ1) is 9.86. The van der Waals surface area contributed by atoms with Crippen molar-refractivity contribution in [3.8, 4) is 0 Å². The summed E-state index contributed by atoms with van der Waals surface area (Å²) in [6.45, 7) is 4.59. The first kappa shape index (κ1) is 16.1. The van der Waals surface area contributed by atoms with Crippen molar-refractivity contribution in [2.24, 2.45) is 17.3 Å². The van der Waals surface area contributed by atoms with Gasteiger partial charge in [-0.25, -0.2) is 4.79 Å². The van der Waals surface area contributed by atoms with Gasteiger partial charge in [0, 0.05) is 25.1 Å². The lowest BCUT2D eigenvalue weighted by Gasteiger charge is -2.51. The molecule has 0 aromatic rings. The van der Waals surface area contributed by atoms with E-state index in [0.29, 0.717) is 13.0 Å². The van der Waals surface area contributed by atoms with Crippen LogP contribution in [0.15, 0.2) is 0 Å². The molecule has 2 aliphatic rings. The number of hydrogen-bond acceptors (Lipinski definition) is 3. The molecule has 0 saturated heterocycles. The van der Waals surface area contributed by atoms with Crippen molar-refractivity contribution in [3.63, 3.8) is 0 Å². The van der Waals surface area contributed by atoms with E-state index in [2.05, 4.69) is 24.5 Å². The van der Waals surface area contributed by atoms with E-state index < -0.39 is 5.97 Å². The largest absolute Gasteiger partial charge is 0.481 e. The van der Waals surface area contributed by atoms with E-state index in [1.54, 1.807) is 7.11 Å². The number of carboxylic acid groups (broad SMARTS) is 1. The van der Waals surface area contributed by atoms with Crippen molar-refractivity contribution in [2.45, 2.75) is 51.7 Å². The fourth-order valence-corrected chi connectivity index (χ4v) is 3.57. The number of carboxylic acids is 1. The average Bonchev–Trinajstić information content (AvgIpc) is 2.89. The van der Waals surface area contributed by atoms with Crippen LogP contribution in [-0.4, -0.2) is 42.9 Å². The smallest absolute Gasteiger partial charge is 0.315 e. The van der Waals surface area contributed by atoms with Crippen LogP contribution >= 0.6 is 0 Å². The van der Waals surface area contributed by atoms with E-state index in [9.17, 15) is 9.59 Å². The number of urea groups is 1. The number of methoxy groups -OCH3 is 1. The number of amides is 2. The van der Waals surface area contributed by atoms with Crippen LogP contribution in [0.3, 0.4) is 0 Å². The zero-order valence-electron chi connectivity index (χ0n) is 13.0. The Labute approximate surface area is 125 Å². The molecule has 120 valence electrons. The first-order valence-corrected chi connectivity index (χ1v) is 7.66. The van der Waals surface area contributed by atoms with E-state index in [1.165, 1.54) is 0 Å². The van der Waals surface area contributed by atoms with Gasteiger partial charge in [-0.1, -0.05) is 20.3 Å². The molecule has 0 spiro atoms. The van der Waals surface area contributed by atoms with Gasteiger partial charge in [0.25, 0.3) is 0 Å². The van der Waals surface area contributed by atoms with Crippen molar-refractivity contribution in [1.29, 1.82) is 0 Å². The lowest BCUT2D eigenvalue weighted by atomic mass is 9.64. The molecule has 0 bridgehead atoms. The van der Waals surface area contributed by atoms with Gasteiger partial charge in [-0.3, -0.25) is 4.79 Å². The second-order valence-electron chi connectivity index (χ2n) is 6.82. The Morgan fingerprint density at radius 1 is 1.33 bits per heavy atom. The highest BCUT2D eigenvalue weighted by Crippen LogP contribution is 2.42. The van der Waals surface area contributed by atoms with Gasteiger partial charge in [0.05, 0.1) is 12.0 Å². The molecule has 3 N–H and O–H groups in total. The molecule has 0 radical (unpaired) electrons. The number of carbonyl (C=O) groups is 2. The van der Waals surface area contributed by atoms with Crippen LogP contribution in [0, 0.1) is 17.3 Å². The number of nitrogens with one attached hydrogen (secondary N) is 2. The van der Waals surface area contributed by atoms with Crippen LogP contribution in [0.1, 0.15) is 39.5 Å². The van der Waals surface area contributed by atoms with Gasteiger partial charge in [0.2, 0.25) is 0 Å². The minimum absolute atomic E-state index is 0.0503. The third-order valence-corrected chi connectivity index (χ3v) is 5.27. The standard InChI is InChI=1S/C15H26N2O4/c1-15(2)11(7-12(15)21-3)17-14(20)16-8-9-5-4-6-10(9)13(18)19/h9-12H,4-8H2,1-3H3,(H,18,19)(H2,16,17,20). The molecular formula is C15H26N2O4. The summed E-state index contributed by atoms with van der Waals surface area (Å²) in [6, 6.07) is -0.111. The van der Waals surface area contributed by atoms with Gasteiger partial charge in [-0.15, -0.1) is 0 Å². The summed E-state index contributed by atoms with van der Waals surface area (Å²) in [5.74, 6) is -1.01. The molecule has 0 aliphatic heterocycles. The van der Waals surface area contributed by atoms with Crippen LogP contribution in [-0.2, 0) is 9.53 Å². The first-order valence-electron chi connectivity index (χ1n) is 7.66. The molecule has 2 saturated carbocycles. The Balaban J connectivity index is 1.75. The van der Waals surface area contributed by atoms with Crippen LogP contribution in [0.2, 0.25) is 0 Å². The highest BCUT2D eigenvalue weighted by Gasteiger charge is 2.49. The van der Waals surface area contributed by atoms with Crippen LogP contribution < -0.4 is 10.6 Å². The van der Waals surface area contributed by atoms with Crippen molar-refractivity contribution >= 4 is 12.0 Å². The maximum Gasteiger partial charge on any atom is 0.315 e. The molecule has 2 amide bonds. The monoisotopic (exact) mass is 298 g/mol. The molecule has 2 aliphatic carbocycles. The molecule has 0 aromatic heterocycles. The average molecular weight is 298 g/mol. The van der Waals surface area contributed by atoms with E-state index in [0.717, 1.165) is 19.3 Å². The molecule has 0 aromatic carbocycles. The van der Waals surface area contributed by atoms with E-state index in [1.807, 2.05) is 0 Å². The van der Waals surface area contributed by atoms with Crippen molar-refractivity contribution in [3.05, 3.63) is 0 Å². The fourth-order valence-electron chi connectivity index (χ4n) is 3.57. The highest BCUT2D eigenvalue weighted by molar-refractivity contribution is 5.75. The Kier molecular flexibility index (Phi) is 4.76. The Morgan fingerprint density at radius 3 is 2.62 bits per heavy atom. The number of carbonyl (C=O) groups excluding carboxylic acids is 1.